The largest absolute Gasteiger partial charge is 0.374 e. The summed E-state index contributed by atoms with van der Waals surface area (Å²) >= 11 is 0. The van der Waals surface area contributed by atoms with Crippen LogP contribution in [-0.2, 0) is 24.8 Å². The zero-order valence-electron chi connectivity index (χ0n) is 15.5. The van der Waals surface area contributed by atoms with E-state index in [4.69, 9.17) is 4.74 Å². The molecule has 0 aliphatic carbocycles. The summed E-state index contributed by atoms with van der Waals surface area (Å²) in [6.07, 6.45) is 5.28. The lowest BCUT2D eigenvalue weighted by Crippen LogP contribution is -2.43. The van der Waals surface area contributed by atoms with Gasteiger partial charge in [0.15, 0.2) is 0 Å². The lowest BCUT2D eigenvalue weighted by molar-refractivity contribution is 0.0374. The van der Waals surface area contributed by atoms with E-state index in [0.29, 0.717) is 6.61 Å². The van der Waals surface area contributed by atoms with Crippen LogP contribution in [0.4, 0.5) is 11.5 Å². The predicted molar refractivity (Wildman–Crippen MR) is 102 cm³/mol. The first-order valence-electron chi connectivity index (χ1n) is 9.38. The summed E-state index contributed by atoms with van der Waals surface area (Å²) < 4.78 is 7.24. The van der Waals surface area contributed by atoms with Crippen molar-refractivity contribution < 1.29 is 4.74 Å². The molecule has 0 saturated carbocycles. The van der Waals surface area contributed by atoms with Gasteiger partial charge in [-0.2, -0.15) is 5.10 Å². The van der Waals surface area contributed by atoms with Crippen molar-refractivity contribution in [2.75, 3.05) is 43.0 Å². The van der Waals surface area contributed by atoms with Gasteiger partial charge in [0.1, 0.15) is 12.1 Å². The SMILES string of the molecule is Cn1ncc(N2CCO[C@H](CCNc3ncnc4c3CCNC4)C2)cc1=O. The van der Waals surface area contributed by atoms with Crippen LogP contribution in [0, 0.1) is 0 Å². The molecule has 0 bridgehead atoms. The molecule has 27 heavy (non-hydrogen) atoms. The first-order valence-corrected chi connectivity index (χ1v) is 9.38. The van der Waals surface area contributed by atoms with Crippen molar-refractivity contribution in [3.8, 4) is 0 Å². The van der Waals surface area contributed by atoms with Crippen LogP contribution >= 0.6 is 0 Å². The maximum Gasteiger partial charge on any atom is 0.268 e. The maximum atomic E-state index is 11.8. The number of morpholine rings is 1. The zero-order chi connectivity index (χ0) is 18.6. The quantitative estimate of drug-likeness (QED) is 0.754. The molecule has 9 heteroatoms. The summed E-state index contributed by atoms with van der Waals surface area (Å²) in [5.41, 5.74) is 3.06. The minimum Gasteiger partial charge on any atom is -0.374 e. The van der Waals surface area contributed by atoms with Crippen molar-refractivity contribution in [2.45, 2.75) is 25.5 Å². The van der Waals surface area contributed by atoms with E-state index in [9.17, 15) is 4.79 Å². The summed E-state index contributed by atoms with van der Waals surface area (Å²) in [4.78, 5) is 22.8. The predicted octanol–water partition coefficient (Wildman–Crippen LogP) is -0.0766. The summed E-state index contributed by atoms with van der Waals surface area (Å²) in [7, 11) is 1.65. The number of anilines is 2. The Kier molecular flexibility index (Phi) is 5.30. The topological polar surface area (TPSA) is 97.2 Å². The van der Waals surface area contributed by atoms with E-state index in [-0.39, 0.29) is 11.7 Å². The molecule has 0 unspecified atom stereocenters. The minimum absolute atomic E-state index is 0.0970. The van der Waals surface area contributed by atoms with E-state index in [1.54, 1.807) is 25.6 Å². The molecule has 0 radical (unpaired) electrons. The maximum absolute atomic E-state index is 11.8. The van der Waals surface area contributed by atoms with Gasteiger partial charge in [-0.05, 0) is 19.4 Å². The van der Waals surface area contributed by atoms with Crippen molar-refractivity contribution in [1.82, 2.24) is 25.1 Å². The van der Waals surface area contributed by atoms with Gasteiger partial charge in [0.05, 0.1) is 30.3 Å². The Labute approximate surface area is 157 Å². The number of aryl methyl sites for hydroxylation is 1. The molecule has 1 atom stereocenters. The van der Waals surface area contributed by atoms with E-state index < -0.39 is 0 Å². The third kappa shape index (κ3) is 4.09. The highest BCUT2D eigenvalue weighted by atomic mass is 16.5. The van der Waals surface area contributed by atoms with Gasteiger partial charge in [0.25, 0.3) is 5.56 Å². The van der Waals surface area contributed by atoms with E-state index >= 15 is 0 Å². The lowest BCUT2D eigenvalue weighted by Gasteiger charge is -2.34. The minimum atomic E-state index is -0.0970. The molecule has 1 fully saturated rings. The van der Waals surface area contributed by atoms with Gasteiger partial charge in [-0.1, -0.05) is 0 Å². The third-order valence-corrected chi connectivity index (χ3v) is 5.10. The zero-order valence-corrected chi connectivity index (χ0v) is 15.5. The van der Waals surface area contributed by atoms with Crippen molar-refractivity contribution in [3.05, 3.63) is 40.2 Å². The molecule has 0 amide bonds. The molecule has 2 aliphatic heterocycles. The van der Waals surface area contributed by atoms with Crippen molar-refractivity contribution in [1.29, 1.82) is 0 Å². The first-order chi connectivity index (χ1) is 13.2. The molecule has 2 aromatic rings. The van der Waals surface area contributed by atoms with Crippen LogP contribution in [0.5, 0.6) is 0 Å². The molecule has 2 N–H and O–H groups in total. The van der Waals surface area contributed by atoms with Crippen molar-refractivity contribution in [2.24, 2.45) is 7.05 Å². The Balaban J connectivity index is 1.34. The van der Waals surface area contributed by atoms with Gasteiger partial charge < -0.3 is 20.3 Å². The lowest BCUT2D eigenvalue weighted by atomic mass is 10.1. The number of hydrogen-bond acceptors (Lipinski definition) is 8. The summed E-state index contributed by atoms with van der Waals surface area (Å²) in [5, 5.41) is 10.9. The van der Waals surface area contributed by atoms with Crippen LogP contribution in [0.3, 0.4) is 0 Å². The van der Waals surface area contributed by atoms with Crippen LogP contribution in [-0.4, -0.2) is 58.6 Å². The summed E-state index contributed by atoms with van der Waals surface area (Å²) in [6, 6.07) is 1.63. The van der Waals surface area contributed by atoms with Crippen LogP contribution in [0.2, 0.25) is 0 Å². The number of fused-ring (bicyclic) bond motifs is 1. The Hall–Kier alpha value is -2.52. The van der Waals surface area contributed by atoms with Crippen molar-refractivity contribution >= 4 is 11.5 Å². The second-order valence-corrected chi connectivity index (χ2v) is 6.90. The second kappa shape index (κ2) is 8.01. The molecule has 2 aliphatic rings. The van der Waals surface area contributed by atoms with Gasteiger partial charge in [-0.15, -0.1) is 0 Å². The fourth-order valence-corrected chi connectivity index (χ4v) is 3.55. The standard InChI is InChI=1S/C18H25N7O2/c1-24-17(26)8-13(9-23-24)25-6-7-27-14(11-25)2-5-20-18-15-3-4-19-10-16(15)21-12-22-18/h8-9,12,14,19H,2-7,10-11H2,1H3,(H,20,21,22)/t14-/m1/s1. The van der Waals surface area contributed by atoms with E-state index in [2.05, 4.69) is 30.6 Å². The van der Waals surface area contributed by atoms with Gasteiger partial charge in [0, 0.05) is 44.9 Å². The van der Waals surface area contributed by atoms with Gasteiger partial charge in [-0.3, -0.25) is 4.79 Å². The Morgan fingerprint density at radius 1 is 1.41 bits per heavy atom. The van der Waals surface area contributed by atoms with E-state index in [0.717, 1.165) is 62.8 Å². The molecule has 1 saturated heterocycles. The molecule has 9 nitrogen and oxygen atoms in total. The number of nitrogens with one attached hydrogen (secondary N) is 2. The Morgan fingerprint density at radius 3 is 3.22 bits per heavy atom. The number of ether oxygens (including phenoxy) is 1. The van der Waals surface area contributed by atoms with Crippen LogP contribution in [0.15, 0.2) is 23.4 Å². The highest BCUT2D eigenvalue weighted by Gasteiger charge is 2.22. The molecule has 4 rings (SSSR count). The molecule has 0 spiro atoms. The number of aromatic nitrogens is 4. The second-order valence-electron chi connectivity index (χ2n) is 6.90. The van der Waals surface area contributed by atoms with Crippen LogP contribution < -0.4 is 21.1 Å². The average molecular weight is 371 g/mol. The highest BCUT2D eigenvalue weighted by Crippen LogP contribution is 2.20. The average Bonchev–Trinajstić information content (AvgIpc) is 2.70. The van der Waals surface area contributed by atoms with Crippen LogP contribution in [0.25, 0.3) is 0 Å². The first kappa shape index (κ1) is 17.9. The molecule has 144 valence electrons. The summed E-state index contributed by atoms with van der Waals surface area (Å²) in [5.74, 6) is 0.935. The number of nitrogens with zero attached hydrogens (tertiary/aromatic N) is 5. The van der Waals surface area contributed by atoms with E-state index in [1.165, 1.54) is 10.2 Å². The molecular formula is C18H25N7O2. The fourth-order valence-electron chi connectivity index (χ4n) is 3.55. The summed E-state index contributed by atoms with van der Waals surface area (Å²) in [6.45, 7) is 4.71. The fraction of sp³-hybridized carbons (Fsp3) is 0.556. The molecular weight excluding hydrogens is 346 g/mol. The van der Waals surface area contributed by atoms with Crippen molar-refractivity contribution in [3.63, 3.8) is 0 Å². The Bertz CT molecular complexity index is 854. The van der Waals surface area contributed by atoms with Gasteiger partial charge in [-0.25, -0.2) is 14.6 Å². The Morgan fingerprint density at radius 2 is 2.33 bits per heavy atom. The molecule has 2 aromatic heterocycles. The van der Waals surface area contributed by atoms with Gasteiger partial charge in [0.2, 0.25) is 0 Å². The van der Waals surface area contributed by atoms with Crippen LogP contribution in [0.1, 0.15) is 17.7 Å². The normalized spacial score (nSPS) is 19.6. The third-order valence-electron chi connectivity index (χ3n) is 5.10. The van der Waals surface area contributed by atoms with E-state index in [1.807, 2.05) is 0 Å². The highest BCUT2D eigenvalue weighted by molar-refractivity contribution is 5.47. The molecule has 0 aromatic carbocycles. The van der Waals surface area contributed by atoms with Gasteiger partial charge >= 0.3 is 0 Å². The smallest absolute Gasteiger partial charge is 0.268 e. The number of hydrogen-bond donors (Lipinski definition) is 2. The number of rotatable bonds is 5. The monoisotopic (exact) mass is 371 g/mol. The molecule has 4 heterocycles.